The van der Waals surface area contributed by atoms with E-state index in [1.54, 1.807) is 6.08 Å². The summed E-state index contributed by atoms with van der Waals surface area (Å²) in [6.45, 7) is 3.18. The van der Waals surface area contributed by atoms with Gasteiger partial charge in [0.2, 0.25) is 5.78 Å². The Bertz CT molecular complexity index is 600. The van der Waals surface area contributed by atoms with Crippen molar-refractivity contribution in [2.75, 3.05) is 7.11 Å². The van der Waals surface area contributed by atoms with Crippen LogP contribution in [0.25, 0.3) is 0 Å². The average molecular weight is 431 g/mol. The van der Waals surface area contributed by atoms with Gasteiger partial charge in [-0.1, -0.05) is 44.3 Å². The third kappa shape index (κ3) is 9.35. The Morgan fingerprint density at radius 1 is 1.13 bits per heavy atom. The number of esters is 2. The van der Waals surface area contributed by atoms with Crippen LogP contribution in [-0.4, -0.2) is 36.9 Å². The van der Waals surface area contributed by atoms with Crippen molar-refractivity contribution in [3.05, 3.63) is 11.6 Å². The monoisotopic (exact) mass is 430 g/mol. The molecular formula is C23H36F2O5. The largest absolute Gasteiger partial charge is 0.469 e. The number of rotatable bonds is 14. The first kappa shape index (κ1) is 26.2. The smallest absolute Gasteiger partial charge is 0.305 e. The first-order valence-corrected chi connectivity index (χ1v) is 11.0. The molecule has 30 heavy (non-hydrogen) atoms. The summed E-state index contributed by atoms with van der Waals surface area (Å²) in [6, 6.07) is 0. The van der Waals surface area contributed by atoms with Gasteiger partial charge in [-0.2, -0.15) is 8.78 Å². The average Bonchev–Trinajstić information content (AvgIpc) is 3.07. The molecule has 5 nitrogen and oxygen atoms in total. The van der Waals surface area contributed by atoms with Gasteiger partial charge >= 0.3 is 17.9 Å². The van der Waals surface area contributed by atoms with Crippen molar-refractivity contribution in [3.63, 3.8) is 0 Å². The van der Waals surface area contributed by atoms with Crippen molar-refractivity contribution in [1.29, 1.82) is 0 Å². The minimum absolute atomic E-state index is 0.0356. The Balaban J connectivity index is 2.62. The van der Waals surface area contributed by atoms with Crippen LogP contribution in [0, 0.1) is 5.92 Å². The number of alkyl halides is 2. The van der Waals surface area contributed by atoms with Crippen LogP contribution in [0.15, 0.2) is 11.6 Å². The van der Waals surface area contributed by atoms with E-state index in [0.717, 1.165) is 37.7 Å². The number of carbonyl (C=O) groups is 3. The van der Waals surface area contributed by atoms with Crippen LogP contribution in [0.3, 0.4) is 0 Å². The molecule has 172 valence electrons. The molecule has 1 fully saturated rings. The number of hydrogen-bond acceptors (Lipinski definition) is 5. The molecule has 0 saturated heterocycles. The van der Waals surface area contributed by atoms with Gasteiger partial charge in [-0.15, -0.1) is 0 Å². The number of carbonyl (C=O) groups excluding carboxylic acids is 3. The molecule has 1 aliphatic carbocycles. The second kappa shape index (κ2) is 13.5. The lowest BCUT2D eigenvalue weighted by atomic mass is 9.92. The molecule has 7 heteroatoms. The Morgan fingerprint density at radius 3 is 2.47 bits per heavy atom. The summed E-state index contributed by atoms with van der Waals surface area (Å²) in [5, 5.41) is 0. The number of Topliss-reactive ketones (excluding diaryl/α,β-unsaturated/α-hetero) is 1. The van der Waals surface area contributed by atoms with Gasteiger partial charge in [-0.3, -0.25) is 14.4 Å². The van der Waals surface area contributed by atoms with E-state index in [0.29, 0.717) is 32.1 Å². The molecule has 0 aromatic heterocycles. The van der Waals surface area contributed by atoms with Gasteiger partial charge in [0.15, 0.2) is 0 Å². The zero-order valence-electron chi connectivity index (χ0n) is 18.5. The summed E-state index contributed by atoms with van der Waals surface area (Å²) < 4.78 is 37.9. The lowest BCUT2D eigenvalue weighted by Crippen LogP contribution is -2.28. The summed E-state index contributed by atoms with van der Waals surface area (Å²) in [6.07, 6.45) is 7.53. The topological polar surface area (TPSA) is 69.7 Å². The number of hydrogen-bond donors (Lipinski definition) is 0. The van der Waals surface area contributed by atoms with E-state index in [-0.39, 0.29) is 30.4 Å². The van der Waals surface area contributed by atoms with Gasteiger partial charge in [0.05, 0.1) is 7.11 Å². The summed E-state index contributed by atoms with van der Waals surface area (Å²) >= 11 is 0. The molecular weight excluding hydrogens is 394 g/mol. The van der Waals surface area contributed by atoms with Crippen LogP contribution in [0.2, 0.25) is 0 Å². The van der Waals surface area contributed by atoms with E-state index in [1.807, 2.05) is 6.92 Å². The molecule has 0 N–H and O–H groups in total. The van der Waals surface area contributed by atoms with Gasteiger partial charge in [0.1, 0.15) is 6.10 Å². The summed E-state index contributed by atoms with van der Waals surface area (Å²) in [5.41, 5.74) is 0.940. The van der Waals surface area contributed by atoms with Crippen LogP contribution < -0.4 is 0 Å². The van der Waals surface area contributed by atoms with E-state index >= 15 is 0 Å². The Morgan fingerprint density at radius 2 is 1.83 bits per heavy atom. The van der Waals surface area contributed by atoms with E-state index in [4.69, 9.17) is 4.74 Å². The minimum Gasteiger partial charge on any atom is -0.469 e. The molecule has 0 bridgehead atoms. The van der Waals surface area contributed by atoms with Crippen LogP contribution in [0.5, 0.6) is 0 Å². The predicted molar refractivity (Wildman–Crippen MR) is 110 cm³/mol. The fourth-order valence-electron chi connectivity index (χ4n) is 3.91. The lowest BCUT2D eigenvalue weighted by molar-refractivity contribution is -0.148. The zero-order valence-corrected chi connectivity index (χ0v) is 18.5. The number of halogens is 2. The standard InChI is InChI=1S/C23H36F2O5/c1-4-5-16-23(24,25)21(27)15-13-18-12-14-20(30-17(2)26)19(18)10-8-6-7-9-11-22(28)29-3/h13,19-20H,4-12,14-16H2,1-3H3/t19?,20-/m0/s1. The van der Waals surface area contributed by atoms with Gasteiger partial charge < -0.3 is 9.47 Å². The molecule has 1 rings (SSSR count). The fraction of sp³-hybridized carbons (Fsp3) is 0.783. The van der Waals surface area contributed by atoms with Gasteiger partial charge in [-0.05, 0) is 32.1 Å². The van der Waals surface area contributed by atoms with Gasteiger partial charge in [-0.25, -0.2) is 0 Å². The normalized spacial score (nSPS) is 20.4. The second-order valence-corrected chi connectivity index (χ2v) is 8.04. The van der Waals surface area contributed by atoms with Crippen LogP contribution in [0.4, 0.5) is 8.78 Å². The van der Waals surface area contributed by atoms with Crippen molar-refractivity contribution in [3.8, 4) is 0 Å². The van der Waals surface area contributed by atoms with Gasteiger partial charge in [0, 0.05) is 32.1 Å². The molecule has 0 amide bonds. The van der Waals surface area contributed by atoms with Crippen LogP contribution >= 0.6 is 0 Å². The summed E-state index contributed by atoms with van der Waals surface area (Å²) in [4.78, 5) is 34.5. The SMILES string of the molecule is CCCCC(F)(F)C(=O)CC=C1CC[C@H](OC(C)=O)C1CCCCCCC(=O)OC. The third-order valence-electron chi connectivity index (χ3n) is 5.64. The van der Waals surface area contributed by atoms with Crippen LogP contribution in [-0.2, 0) is 23.9 Å². The van der Waals surface area contributed by atoms with Crippen molar-refractivity contribution in [2.45, 2.75) is 103 Å². The molecule has 1 aliphatic rings. The predicted octanol–water partition coefficient (Wildman–Crippen LogP) is 5.55. The number of ether oxygens (including phenoxy) is 2. The maximum atomic E-state index is 13.9. The van der Waals surface area contributed by atoms with Crippen molar-refractivity contribution in [2.24, 2.45) is 5.92 Å². The maximum absolute atomic E-state index is 13.9. The molecule has 1 saturated carbocycles. The molecule has 0 aromatic carbocycles. The molecule has 0 spiro atoms. The highest BCUT2D eigenvalue weighted by Gasteiger charge is 2.38. The van der Waals surface area contributed by atoms with E-state index < -0.39 is 18.1 Å². The van der Waals surface area contributed by atoms with Gasteiger partial charge in [0.25, 0.3) is 0 Å². The number of methoxy groups -OCH3 is 1. The van der Waals surface area contributed by atoms with E-state index in [2.05, 4.69) is 4.74 Å². The maximum Gasteiger partial charge on any atom is 0.305 e. The minimum atomic E-state index is -3.28. The van der Waals surface area contributed by atoms with E-state index in [1.165, 1.54) is 14.0 Å². The third-order valence-corrected chi connectivity index (χ3v) is 5.64. The Labute approximate surface area is 178 Å². The van der Waals surface area contributed by atoms with Crippen LogP contribution in [0.1, 0.15) is 90.9 Å². The highest BCUT2D eigenvalue weighted by Crippen LogP contribution is 2.38. The zero-order chi connectivity index (χ0) is 22.6. The van der Waals surface area contributed by atoms with E-state index in [9.17, 15) is 23.2 Å². The number of ketones is 1. The van der Waals surface area contributed by atoms with Crippen molar-refractivity contribution in [1.82, 2.24) is 0 Å². The lowest BCUT2D eigenvalue weighted by Gasteiger charge is -2.21. The molecule has 1 unspecified atom stereocenters. The molecule has 0 aliphatic heterocycles. The summed E-state index contributed by atoms with van der Waals surface area (Å²) in [7, 11) is 1.37. The first-order valence-electron chi connectivity index (χ1n) is 11.0. The number of allylic oxidation sites excluding steroid dienone is 1. The summed E-state index contributed by atoms with van der Waals surface area (Å²) in [5.74, 6) is -4.93. The van der Waals surface area contributed by atoms with Crippen molar-refractivity contribution < 1.29 is 32.6 Å². The molecule has 2 atom stereocenters. The second-order valence-electron chi connectivity index (χ2n) is 8.04. The highest BCUT2D eigenvalue weighted by molar-refractivity contribution is 5.86. The molecule has 0 radical (unpaired) electrons. The quantitative estimate of drug-likeness (QED) is 0.205. The molecule has 0 heterocycles. The molecule has 0 aromatic rings. The number of unbranched alkanes of at least 4 members (excludes halogenated alkanes) is 4. The highest BCUT2D eigenvalue weighted by atomic mass is 19.3. The van der Waals surface area contributed by atoms with Crippen molar-refractivity contribution >= 4 is 17.7 Å². The first-order chi connectivity index (χ1) is 14.2. The fourth-order valence-corrected chi connectivity index (χ4v) is 3.91. The Kier molecular flexibility index (Phi) is 11.8. The Hall–Kier alpha value is -1.79.